The van der Waals surface area contributed by atoms with Crippen molar-refractivity contribution in [3.63, 3.8) is 0 Å². The van der Waals surface area contributed by atoms with Crippen LogP contribution in [-0.2, 0) is 6.42 Å². The Bertz CT molecular complexity index is 564. The third kappa shape index (κ3) is 2.35. The lowest BCUT2D eigenvalue weighted by atomic mass is 9.94. The maximum absolute atomic E-state index is 5.44. The summed E-state index contributed by atoms with van der Waals surface area (Å²) in [4.78, 5) is 4.56. The van der Waals surface area contributed by atoms with Crippen LogP contribution >= 0.6 is 0 Å². The summed E-state index contributed by atoms with van der Waals surface area (Å²) in [6.45, 7) is 5.13. The molecular formula is C15H19N3O. The molecule has 1 aliphatic rings. The molecule has 2 atom stereocenters. The number of para-hydroxylation sites is 1. The molecule has 0 saturated heterocycles. The topological polar surface area (TPSA) is 51.0 Å². The van der Waals surface area contributed by atoms with Crippen molar-refractivity contribution < 1.29 is 4.52 Å². The molecule has 2 unspecified atom stereocenters. The number of hydrogen-bond donors (Lipinski definition) is 1. The molecule has 4 nitrogen and oxygen atoms in total. The molecule has 100 valence electrons. The average Bonchev–Trinajstić information content (AvgIpc) is 2.95. The van der Waals surface area contributed by atoms with Gasteiger partial charge in [0, 0.05) is 18.2 Å². The van der Waals surface area contributed by atoms with Crippen LogP contribution in [0.15, 0.2) is 28.8 Å². The smallest absolute Gasteiger partial charge is 0.231 e. The van der Waals surface area contributed by atoms with Gasteiger partial charge in [-0.2, -0.15) is 4.98 Å². The molecule has 1 aliphatic heterocycles. The number of nitrogens with one attached hydrogen (secondary N) is 1. The monoisotopic (exact) mass is 257 g/mol. The van der Waals surface area contributed by atoms with Crippen LogP contribution in [0.1, 0.15) is 49.4 Å². The highest BCUT2D eigenvalue weighted by atomic mass is 16.5. The molecule has 1 aromatic carbocycles. The van der Waals surface area contributed by atoms with Gasteiger partial charge in [-0.3, -0.25) is 0 Å². The second-order valence-corrected chi connectivity index (χ2v) is 5.24. The van der Waals surface area contributed by atoms with Crippen LogP contribution in [0.25, 0.3) is 0 Å². The minimum atomic E-state index is 0.278. The first-order valence-corrected chi connectivity index (χ1v) is 6.93. The van der Waals surface area contributed by atoms with E-state index >= 15 is 0 Å². The molecular weight excluding hydrogens is 238 g/mol. The SMILES string of the molecule is CCC(C)c1noc(C2CNc3ccccc3C2)n1. The Labute approximate surface area is 113 Å². The van der Waals surface area contributed by atoms with Gasteiger partial charge >= 0.3 is 0 Å². The van der Waals surface area contributed by atoms with Crippen molar-refractivity contribution in [3.8, 4) is 0 Å². The summed E-state index contributed by atoms with van der Waals surface area (Å²) in [5, 5.41) is 7.54. The highest BCUT2D eigenvalue weighted by Gasteiger charge is 2.25. The van der Waals surface area contributed by atoms with Crippen molar-refractivity contribution in [2.24, 2.45) is 0 Å². The molecule has 0 aliphatic carbocycles. The summed E-state index contributed by atoms with van der Waals surface area (Å²) < 4.78 is 5.44. The van der Waals surface area contributed by atoms with Crippen molar-refractivity contribution >= 4 is 5.69 Å². The summed E-state index contributed by atoms with van der Waals surface area (Å²) in [5.41, 5.74) is 2.54. The van der Waals surface area contributed by atoms with Gasteiger partial charge in [0.1, 0.15) is 0 Å². The van der Waals surface area contributed by atoms with Gasteiger partial charge in [0.2, 0.25) is 5.89 Å². The third-order valence-corrected chi connectivity index (χ3v) is 3.88. The zero-order chi connectivity index (χ0) is 13.2. The molecule has 1 N–H and O–H groups in total. The lowest BCUT2D eigenvalue weighted by Crippen LogP contribution is -2.21. The summed E-state index contributed by atoms with van der Waals surface area (Å²) >= 11 is 0. The van der Waals surface area contributed by atoms with Crippen LogP contribution in [-0.4, -0.2) is 16.7 Å². The molecule has 4 heteroatoms. The minimum absolute atomic E-state index is 0.278. The van der Waals surface area contributed by atoms with E-state index in [1.165, 1.54) is 11.3 Å². The van der Waals surface area contributed by atoms with Gasteiger partial charge in [-0.05, 0) is 24.5 Å². The van der Waals surface area contributed by atoms with Crippen LogP contribution in [0.5, 0.6) is 0 Å². The molecule has 0 bridgehead atoms. The Hall–Kier alpha value is -1.84. The molecule has 2 aromatic rings. The number of benzene rings is 1. The number of rotatable bonds is 3. The lowest BCUT2D eigenvalue weighted by Gasteiger charge is -2.23. The maximum atomic E-state index is 5.44. The lowest BCUT2D eigenvalue weighted by molar-refractivity contribution is 0.348. The van der Waals surface area contributed by atoms with Crippen molar-refractivity contribution in [1.82, 2.24) is 10.1 Å². The summed E-state index contributed by atoms with van der Waals surface area (Å²) in [7, 11) is 0. The fourth-order valence-corrected chi connectivity index (χ4v) is 2.41. The van der Waals surface area contributed by atoms with Crippen molar-refractivity contribution in [3.05, 3.63) is 41.5 Å². The van der Waals surface area contributed by atoms with E-state index < -0.39 is 0 Å². The van der Waals surface area contributed by atoms with Crippen molar-refractivity contribution in [1.29, 1.82) is 0 Å². The van der Waals surface area contributed by atoms with Crippen LogP contribution in [0.2, 0.25) is 0 Å². The highest BCUT2D eigenvalue weighted by Crippen LogP contribution is 2.30. The summed E-state index contributed by atoms with van der Waals surface area (Å²) in [6.07, 6.45) is 2.00. The van der Waals surface area contributed by atoms with Crippen LogP contribution in [0.3, 0.4) is 0 Å². The molecule has 1 aromatic heterocycles. The Morgan fingerprint density at radius 3 is 3.11 bits per heavy atom. The van der Waals surface area contributed by atoms with Gasteiger partial charge in [0.25, 0.3) is 0 Å². The predicted octanol–water partition coefficient (Wildman–Crippen LogP) is 3.33. The van der Waals surface area contributed by atoms with Gasteiger partial charge in [-0.1, -0.05) is 37.2 Å². The van der Waals surface area contributed by atoms with E-state index in [1.807, 2.05) is 0 Å². The average molecular weight is 257 g/mol. The van der Waals surface area contributed by atoms with Gasteiger partial charge in [-0.25, -0.2) is 0 Å². The van der Waals surface area contributed by atoms with Crippen LogP contribution < -0.4 is 5.32 Å². The van der Waals surface area contributed by atoms with Gasteiger partial charge in [-0.15, -0.1) is 0 Å². The van der Waals surface area contributed by atoms with E-state index in [1.54, 1.807) is 0 Å². The zero-order valence-corrected chi connectivity index (χ0v) is 11.4. The normalized spacial score (nSPS) is 19.6. The largest absolute Gasteiger partial charge is 0.384 e. The molecule has 3 rings (SSSR count). The second-order valence-electron chi connectivity index (χ2n) is 5.24. The molecule has 19 heavy (non-hydrogen) atoms. The number of hydrogen-bond acceptors (Lipinski definition) is 4. The number of aromatic nitrogens is 2. The Morgan fingerprint density at radius 1 is 1.42 bits per heavy atom. The molecule has 0 spiro atoms. The molecule has 0 amide bonds. The summed E-state index contributed by atoms with van der Waals surface area (Å²) in [5.74, 6) is 2.23. The minimum Gasteiger partial charge on any atom is -0.384 e. The van der Waals surface area contributed by atoms with Crippen LogP contribution in [0, 0.1) is 0 Å². The quantitative estimate of drug-likeness (QED) is 0.916. The number of fused-ring (bicyclic) bond motifs is 1. The van der Waals surface area contributed by atoms with Crippen molar-refractivity contribution in [2.45, 2.75) is 38.5 Å². The van der Waals surface area contributed by atoms with E-state index in [0.717, 1.165) is 31.1 Å². The fraction of sp³-hybridized carbons (Fsp3) is 0.467. The summed E-state index contributed by atoms with van der Waals surface area (Å²) in [6, 6.07) is 8.39. The van der Waals surface area contributed by atoms with Gasteiger partial charge in [0.05, 0.1) is 5.92 Å². The predicted molar refractivity (Wildman–Crippen MR) is 74.4 cm³/mol. The Balaban J connectivity index is 1.79. The third-order valence-electron chi connectivity index (χ3n) is 3.88. The highest BCUT2D eigenvalue weighted by molar-refractivity contribution is 5.53. The standard InChI is InChI=1S/C15H19N3O/c1-3-10(2)14-17-15(19-18-14)12-8-11-6-4-5-7-13(11)16-9-12/h4-7,10,12,16H,3,8-9H2,1-2H3. The van der Waals surface area contributed by atoms with Crippen molar-refractivity contribution in [2.75, 3.05) is 11.9 Å². The van der Waals surface area contributed by atoms with E-state index in [4.69, 9.17) is 4.52 Å². The number of anilines is 1. The number of nitrogens with zero attached hydrogens (tertiary/aromatic N) is 2. The van der Waals surface area contributed by atoms with E-state index in [-0.39, 0.29) is 5.92 Å². The zero-order valence-electron chi connectivity index (χ0n) is 11.4. The second kappa shape index (κ2) is 5.03. The first-order valence-electron chi connectivity index (χ1n) is 6.93. The fourth-order valence-electron chi connectivity index (χ4n) is 2.41. The Kier molecular flexibility index (Phi) is 3.23. The first kappa shape index (κ1) is 12.2. The van der Waals surface area contributed by atoms with E-state index in [2.05, 4.69) is 53.6 Å². The van der Waals surface area contributed by atoms with Gasteiger partial charge in [0.15, 0.2) is 5.82 Å². The van der Waals surface area contributed by atoms with E-state index in [0.29, 0.717) is 5.92 Å². The molecule has 0 fully saturated rings. The Morgan fingerprint density at radius 2 is 2.26 bits per heavy atom. The first-order chi connectivity index (χ1) is 9.28. The van der Waals surface area contributed by atoms with E-state index in [9.17, 15) is 0 Å². The van der Waals surface area contributed by atoms with Gasteiger partial charge < -0.3 is 9.84 Å². The maximum Gasteiger partial charge on any atom is 0.231 e. The van der Waals surface area contributed by atoms with Crippen LogP contribution in [0.4, 0.5) is 5.69 Å². The molecule has 0 saturated carbocycles. The molecule has 0 radical (unpaired) electrons. The molecule has 2 heterocycles.